The van der Waals surface area contributed by atoms with Crippen molar-refractivity contribution in [2.24, 2.45) is 0 Å². The number of benzene rings is 2. The van der Waals surface area contributed by atoms with Crippen LogP contribution in [0.1, 0.15) is 37.0 Å². The largest absolute Gasteiger partial charge is 0.310 e. The fourth-order valence-corrected chi connectivity index (χ4v) is 3.81. The molecule has 0 fully saturated rings. The Morgan fingerprint density at radius 1 is 1.05 bits per heavy atom. The highest BCUT2D eigenvalue weighted by atomic mass is 32.2. The number of hydrogen-bond donors (Lipinski definition) is 1. The number of aryl methyl sites for hydroxylation is 2. The molecule has 0 saturated heterocycles. The summed E-state index contributed by atoms with van der Waals surface area (Å²) >= 11 is 1.89. The molecule has 3 rings (SSSR count). The predicted octanol–water partition coefficient (Wildman–Crippen LogP) is 4.82. The molecule has 1 aliphatic rings. The van der Waals surface area contributed by atoms with Crippen molar-refractivity contribution in [1.82, 2.24) is 5.32 Å². The van der Waals surface area contributed by atoms with Crippen LogP contribution in [-0.4, -0.2) is 6.04 Å². The van der Waals surface area contributed by atoms with Gasteiger partial charge in [0, 0.05) is 22.4 Å². The summed E-state index contributed by atoms with van der Waals surface area (Å²) in [6, 6.07) is 16.2. The summed E-state index contributed by atoms with van der Waals surface area (Å²) in [4.78, 5) is 2.73. The third-order valence-corrected chi connectivity index (χ3v) is 5.08. The first-order valence-electron chi connectivity index (χ1n) is 7.83. The minimum atomic E-state index is 0.517. The van der Waals surface area contributed by atoms with Gasteiger partial charge in [-0.05, 0) is 54.2 Å². The Kier molecular flexibility index (Phi) is 4.67. The quantitative estimate of drug-likeness (QED) is 0.848. The fraction of sp³-hybridized carbons (Fsp3) is 0.368. The predicted molar refractivity (Wildman–Crippen MR) is 91.0 cm³/mol. The molecule has 0 heterocycles. The van der Waals surface area contributed by atoms with E-state index in [0.29, 0.717) is 6.04 Å². The second-order valence-corrected chi connectivity index (χ2v) is 7.14. The summed E-state index contributed by atoms with van der Waals surface area (Å²) in [5.74, 6) is 0. The zero-order chi connectivity index (χ0) is 14.7. The molecule has 1 nitrogen and oxygen atoms in total. The van der Waals surface area contributed by atoms with Crippen LogP contribution in [-0.2, 0) is 19.4 Å². The highest BCUT2D eigenvalue weighted by Gasteiger charge is 2.12. The number of nitrogens with one attached hydrogen (secondary N) is 1. The van der Waals surface area contributed by atoms with Crippen molar-refractivity contribution in [1.29, 1.82) is 0 Å². The number of rotatable bonds is 5. The van der Waals surface area contributed by atoms with Gasteiger partial charge in [0.15, 0.2) is 0 Å². The Morgan fingerprint density at radius 3 is 2.71 bits per heavy atom. The molecule has 0 aliphatic heterocycles. The highest BCUT2D eigenvalue weighted by molar-refractivity contribution is 7.99. The van der Waals surface area contributed by atoms with Gasteiger partial charge < -0.3 is 5.32 Å². The van der Waals surface area contributed by atoms with Gasteiger partial charge in [0.2, 0.25) is 0 Å². The van der Waals surface area contributed by atoms with E-state index in [1.807, 2.05) is 11.8 Å². The molecule has 1 aliphatic carbocycles. The van der Waals surface area contributed by atoms with Crippen LogP contribution in [0.25, 0.3) is 0 Å². The van der Waals surface area contributed by atoms with Crippen molar-refractivity contribution in [3.63, 3.8) is 0 Å². The smallest absolute Gasteiger partial charge is 0.0219 e. The Balaban J connectivity index is 1.78. The average Bonchev–Trinajstić information content (AvgIpc) is 2.94. The van der Waals surface area contributed by atoms with Gasteiger partial charge in [-0.1, -0.05) is 49.9 Å². The molecule has 0 bridgehead atoms. The van der Waals surface area contributed by atoms with Gasteiger partial charge >= 0.3 is 0 Å². The molecular weight excluding hydrogens is 274 g/mol. The third kappa shape index (κ3) is 3.69. The maximum absolute atomic E-state index is 3.52. The SMILES string of the molecule is CC(C)NCc1ccccc1Sc1ccc2c(c1)CCC2. The molecule has 0 aromatic heterocycles. The lowest BCUT2D eigenvalue weighted by Crippen LogP contribution is -2.22. The molecule has 2 aromatic rings. The van der Waals surface area contributed by atoms with Gasteiger partial charge in [-0.3, -0.25) is 0 Å². The van der Waals surface area contributed by atoms with Crippen LogP contribution < -0.4 is 5.32 Å². The maximum Gasteiger partial charge on any atom is 0.0219 e. The number of hydrogen-bond acceptors (Lipinski definition) is 2. The molecule has 0 saturated carbocycles. The van der Waals surface area contributed by atoms with Crippen LogP contribution in [0.3, 0.4) is 0 Å². The van der Waals surface area contributed by atoms with Gasteiger partial charge in [0.1, 0.15) is 0 Å². The minimum absolute atomic E-state index is 0.517. The Morgan fingerprint density at radius 2 is 1.86 bits per heavy atom. The summed E-state index contributed by atoms with van der Waals surface area (Å²) in [5.41, 5.74) is 4.49. The van der Waals surface area contributed by atoms with E-state index in [0.717, 1.165) is 6.54 Å². The van der Waals surface area contributed by atoms with Gasteiger partial charge in [-0.15, -0.1) is 0 Å². The standard InChI is InChI=1S/C19H23NS/c1-14(2)20-13-17-6-3-4-9-19(17)21-18-11-10-15-7-5-8-16(15)12-18/h3-4,6,9-12,14,20H,5,7-8,13H2,1-2H3. The van der Waals surface area contributed by atoms with E-state index in [-0.39, 0.29) is 0 Å². The van der Waals surface area contributed by atoms with E-state index in [1.165, 1.54) is 34.6 Å². The van der Waals surface area contributed by atoms with Crippen molar-refractivity contribution in [2.45, 2.75) is 55.5 Å². The number of fused-ring (bicyclic) bond motifs is 1. The van der Waals surface area contributed by atoms with Gasteiger partial charge in [-0.25, -0.2) is 0 Å². The molecule has 0 atom stereocenters. The molecule has 2 aromatic carbocycles. The summed E-state index contributed by atoms with van der Waals surface area (Å²) in [6.07, 6.45) is 3.83. The molecule has 2 heteroatoms. The van der Waals surface area contributed by atoms with E-state index < -0.39 is 0 Å². The Bertz CT molecular complexity index is 619. The lowest BCUT2D eigenvalue weighted by atomic mass is 10.1. The average molecular weight is 297 g/mol. The molecular formula is C19H23NS. The molecule has 110 valence electrons. The lowest BCUT2D eigenvalue weighted by Gasteiger charge is -2.12. The van der Waals surface area contributed by atoms with E-state index in [4.69, 9.17) is 0 Å². The van der Waals surface area contributed by atoms with Gasteiger partial charge in [0.25, 0.3) is 0 Å². The first-order chi connectivity index (χ1) is 10.2. The summed E-state index contributed by atoms with van der Waals surface area (Å²) in [7, 11) is 0. The van der Waals surface area contributed by atoms with Crippen LogP contribution in [0.5, 0.6) is 0 Å². The van der Waals surface area contributed by atoms with Crippen LogP contribution >= 0.6 is 11.8 Å². The molecule has 0 radical (unpaired) electrons. The van der Waals surface area contributed by atoms with Crippen molar-refractivity contribution in [2.75, 3.05) is 0 Å². The van der Waals surface area contributed by atoms with E-state index >= 15 is 0 Å². The van der Waals surface area contributed by atoms with Crippen molar-refractivity contribution >= 4 is 11.8 Å². The van der Waals surface area contributed by atoms with Crippen LogP contribution in [0.15, 0.2) is 52.3 Å². The van der Waals surface area contributed by atoms with E-state index in [9.17, 15) is 0 Å². The van der Waals surface area contributed by atoms with E-state index in [2.05, 4.69) is 61.6 Å². The zero-order valence-corrected chi connectivity index (χ0v) is 13.7. The minimum Gasteiger partial charge on any atom is -0.310 e. The monoisotopic (exact) mass is 297 g/mol. The first-order valence-corrected chi connectivity index (χ1v) is 8.65. The molecule has 0 amide bonds. The fourth-order valence-electron chi connectivity index (χ4n) is 2.80. The highest BCUT2D eigenvalue weighted by Crippen LogP contribution is 2.33. The first kappa shape index (κ1) is 14.7. The Hall–Kier alpha value is -1.25. The van der Waals surface area contributed by atoms with Crippen molar-refractivity contribution in [3.8, 4) is 0 Å². The van der Waals surface area contributed by atoms with Crippen molar-refractivity contribution in [3.05, 3.63) is 59.2 Å². The third-order valence-electron chi connectivity index (χ3n) is 3.97. The van der Waals surface area contributed by atoms with E-state index in [1.54, 1.807) is 11.1 Å². The molecule has 1 N–H and O–H groups in total. The second-order valence-electron chi connectivity index (χ2n) is 6.03. The topological polar surface area (TPSA) is 12.0 Å². The molecule has 21 heavy (non-hydrogen) atoms. The maximum atomic E-state index is 3.52. The molecule has 0 spiro atoms. The normalized spacial score (nSPS) is 13.7. The Labute approximate surface area is 132 Å². The van der Waals surface area contributed by atoms with Gasteiger partial charge in [0.05, 0.1) is 0 Å². The van der Waals surface area contributed by atoms with Crippen LogP contribution in [0, 0.1) is 0 Å². The molecule has 0 unspecified atom stereocenters. The van der Waals surface area contributed by atoms with Gasteiger partial charge in [-0.2, -0.15) is 0 Å². The summed E-state index contributed by atoms with van der Waals surface area (Å²) in [6.45, 7) is 5.32. The van der Waals surface area contributed by atoms with Crippen molar-refractivity contribution < 1.29 is 0 Å². The van der Waals surface area contributed by atoms with Crippen LogP contribution in [0.2, 0.25) is 0 Å². The summed E-state index contributed by atoms with van der Waals surface area (Å²) in [5, 5.41) is 3.52. The second kappa shape index (κ2) is 6.67. The summed E-state index contributed by atoms with van der Waals surface area (Å²) < 4.78 is 0. The zero-order valence-electron chi connectivity index (χ0n) is 12.9. The lowest BCUT2D eigenvalue weighted by molar-refractivity contribution is 0.585. The van der Waals surface area contributed by atoms with Crippen LogP contribution in [0.4, 0.5) is 0 Å².